The van der Waals surface area contributed by atoms with E-state index < -0.39 is 22.9 Å². The quantitative estimate of drug-likeness (QED) is 0.859. The van der Waals surface area contributed by atoms with Gasteiger partial charge < -0.3 is 5.11 Å². The van der Waals surface area contributed by atoms with Crippen molar-refractivity contribution in [2.24, 2.45) is 4.99 Å². The molecule has 1 atom stereocenters. The standard InChI is InChI=1S/C17H10ClNO4/c18-13-14(19-12-8-4-3-7-11(12)17(22)23)16(21)10-6-2-1-5-9(10)15(13)20/h1-8,13H,(H,22,23). The number of hydrogen-bond donors (Lipinski definition) is 1. The van der Waals surface area contributed by atoms with Crippen molar-refractivity contribution >= 4 is 40.5 Å². The Morgan fingerprint density at radius 3 is 2.30 bits per heavy atom. The Kier molecular flexibility index (Phi) is 3.80. The number of carboxylic acid groups (broad SMARTS) is 1. The predicted octanol–water partition coefficient (Wildman–Crippen LogP) is 3.14. The number of alkyl halides is 1. The number of aromatic carboxylic acids is 1. The van der Waals surface area contributed by atoms with E-state index in [0.717, 1.165) is 0 Å². The second-order valence-electron chi connectivity index (χ2n) is 4.92. The average molecular weight is 328 g/mol. The lowest BCUT2D eigenvalue weighted by atomic mass is 9.87. The Bertz CT molecular complexity index is 872. The van der Waals surface area contributed by atoms with Crippen LogP contribution in [0.15, 0.2) is 53.5 Å². The molecule has 0 spiro atoms. The number of hydrogen-bond acceptors (Lipinski definition) is 4. The van der Waals surface area contributed by atoms with Crippen molar-refractivity contribution < 1.29 is 19.5 Å². The second kappa shape index (κ2) is 5.78. The lowest BCUT2D eigenvalue weighted by Gasteiger charge is -2.19. The van der Waals surface area contributed by atoms with Gasteiger partial charge in [-0.2, -0.15) is 0 Å². The monoisotopic (exact) mass is 327 g/mol. The van der Waals surface area contributed by atoms with Gasteiger partial charge in [-0.05, 0) is 12.1 Å². The molecule has 0 amide bonds. The molecule has 0 bridgehead atoms. The molecule has 1 unspecified atom stereocenters. The molecule has 6 heteroatoms. The molecule has 5 nitrogen and oxygen atoms in total. The van der Waals surface area contributed by atoms with Crippen molar-refractivity contribution in [1.29, 1.82) is 0 Å². The summed E-state index contributed by atoms with van der Waals surface area (Å²) in [6.07, 6.45) is 0. The Balaban J connectivity index is 2.16. The van der Waals surface area contributed by atoms with Gasteiger partial charge in [-0.15, -0.1) is 11.6 Å². The highest BCUT2D eigenvalue weighted by Crippen LogP contribution is 2.27. The molecular weight excluding hydrogens is 318 g/mol. The molecule has 2 aromatic rings. The van der Waals surface area contributed by atoms with Crippen LogP contribution >= 0.6 is 11.6 Å². The summed E-state index contributed by atoms with van der Waals surface area (Å²) in [6, 6.07) is 12.3. The molecular formula is C17H10ClNO4. The molecule has 1 N–H and O–H groups in total. The Morgan fingerprint density at radius 1 is 1.00 bits per heavy atom. The van der Waals surface area contributed by atoms with Gasteiger partial charge in [0.2, 0.25) is 5.78 Å². The first kappa shape index (κ1) is 15.1. The van der Waals surface area contributed by atoms with Crippen LogP contribution < -0.4 is 0 Å². The van der Waals surface area contributed by atoms with Crippen molar-refractivity contribution in [2.45, 2.75) is 5.38 Å². The number of halogens is 1. The van der Waals surface area contributed by atoms with Crippen LogP contribution in [-0.4, -0.2) is 33.7 Å². The third-order valence-corrected chi connectivity index (χ3v) is 3.92. The maximum absolute atomic E-state index is 12.5. The van der Waals surface area contributed by atoms with Crippen LogP contribution in [0.4, 0.5) is 5.69 Å². The van der Waals surface area contributed by atoms with E-state index in [4.69, 9.17) is 11.6 Å². The van der Waals surface area contributed by atoms with E-state index in [1.807, 2.05) is 0 Å². The third-order valence-electron chi connectivity index (χ3n) is 3.52. The highest BCUT2D eigenvalue weighted by atomic mass is 35.5. The van der Waals surface area contributed by atoms with Crippen LogP contribution in [-0.2, 0) is 0 Å². The zero-order chi connectivity index (χ0) is 16.6. The minimum absolute atomic E-state index is 0.0667. The van der Waals surface area contributed by atoms with Crippen LogP contribution in [0, 0.1) is 0 Å². The molecule has 0 radical (unpaired) electrons. The maximum Gasteiger partial charge on any atom is 0.337 e. The first-order chi connectivity index (χ1) is 11.0. The number of ketones is 2. The fourth-order valence-corrected chi connectivity index (χ4v) is 2.66. The summed E-state index contributed by atoms with van der Waals surface area (Å²) >= 11 is 6.09. The number of fused-ring (bicyclic) bond motifs is 1. The van der Waals surface area contributed by atoms with Crippen LogP contribution in [0.5, 0.6) is 0 Å². The number of para-hydroxylation sites is 1. The minimum atomic E-state index is -1.24. The fraction of sp³-hybridized carbons (Fsp3) is 0.0588. The molecule has 0 saturated carbocycles. The first-order valence-corrected chi connectivity index (χ1v) is 7.17. The summed E-state index contributed by atoms with van der Waals surface area (Å²) in [6.45, 7) is 0. The van der Waals surface area contributed by atoms with Crippen LogP contribution in [0.3, 0.4) is 0 Å². The van der Waals surface area contributed by atoms with E-state index in [-0.39, 0.29) is 28.1 Å². The number of carbonyl (C=O) groups excluding carboxylic acids is 2. The maximum atomic E-state index is 12.5. The summed E-state index contributed by atoms with van der Waals surface area (Å²) in [4.78, 5) is 40.2. The highest BCUT2D eigenvalue weighted by molar-refractivity contribution is 6.65. The van der Waals surface area contributed by atoms with E-state index >= 15 is 0 Å². The lowest BCUT2D eigenvalue weighted by Crippen LogP contribution is -2.37. The van der Waals surface area contributed by atoms with Crippen LogP contribution in [0.2, 0.25) is 0 Å². The summed E-state index contributed by atoms with van der Waals surface area (Å²) in [5, 5.41) is 7.95. The van der Waals surface area contributed by atoms with Gasteiger partial charge in [-0.3, -0.25) is 9.59 Å². The first-order valence-electron chi connectivity index (χ1n) is 6.73. The number of carboxylic acids is 1. The van der Waals surface area contributed by atoms with Crippen molar-refractivity contribution in [3.05, 3.63) is 65.2 Å². The van der Waals surface area contributed by atoms with Crippen molar-refractivity contribution in [3.63, 3.8) is 0 Å². The Labute approximate surface area is 136 Å². The minimum Gasteiger partial charge on any atom is -0.478 e. The normalized spacial score (nSPS) is 18.8. The van der Waals surface area contributed by atoms with E-state index in [9.17, 15) is 19.5 Å². The Hall–Kier alpha value is -2.79. The topological polar surface area (TPSA) is 83.8 Å². The summed E-state index contributed by atoms with van der Waals surface area (Å²) in [5.41, 5.74) is 0.331. The molecule has 114 valence electrons. The van der Waals surface area contributed by atoms with Crippen molar-refractivity contribution in [1.82, 2.24) is 0 Å². The number of aliphatic imine (C=N–C) groups is 1. The van der Waals surface area contributed by atoms with E-state index in [1.54, 1.807) is 24.3 Å². The van der Waals surface area contributed by atoms with Crippen molar-refractivity contribution in [2.75, 3.05) is 0 Å². The molecule has 0 heterocycles. The molecule has 23 heavy (non-hydrogen) atoms. The molecule has 2 aromatic carbocycles. The summed E-state index contributed by atoms with van der Waals surface area (Å²) in [7, 11) is 0. The largest absolute Gasteiger partial charge is 0.478 e. The highest BCUT2D eigenvalue weighted by Gasteiger charge is 2.37. The van der Waals surface area contributed by atoms with Gasteiger partial charge in [0.05, 0.1) is 11.3 Å². The lowest BCUT2D eigenvalue weighted by molar-refractivity contribution is 0.0697. The zero-order valence-electron chi connectivity index (χ0n) is 11.7. The third kappa shape index (κ3) is 2.55. The van der Waals surface area contributed by atoms with Gasteiger partial charge in [0.1, 0.15) is 11.1 Å². The average Bonchev–Trinajstić information content (AvgIpc) is 2.57. The van der Waals surface area contributed by atoms with E-state index in [0.29, 0.717) is 0 Å². The van der Waals surface area contributed by atoms with E-state index in [1.165, 1.54) is 24.3 Å². The number of nitrogens with zero attached hydrogens (tertiary/aromatic N) is 1. The smallest absolute Gasteiger partial charge is 0.337 e. The van der Waals surface area contributed by atoms with E-state index in [2.05, 4.69) is 4.99 Å². The van der Waals surface area contributed by atoms with Crippen LogP contribution in [0.1, 0.15) is 31.1 Å². The SMILES string of the molecule is O=C(O)c1ccccc1N=C1C(=O)c2ccccc2C(=O)C1Cl. The zero-order valence-corrected chi connectivity index (χ0v) is 12.4. The molecule has 1 aliphatic carbocycles. The number of carbonyl (C=O) groups is 3. The van der Waals surface area contributed by atoms with Gasteiger partial charge in [-0.25, -0.2) is 9.79 Å². The molecule has 0 fully saturated rings. The molecule has 0 saturated heterocycles. The van der Waals surface area contributed by atoms with Gasteiger partial charge in [0.25, 0.3) is 0 Å². The second-order valence-corrected chi connectivity index (χ2v) is 5.36. The predicted molar refractivity (Wildman–Crippen MR) is 85.2 cm³/mol. The van der Waals surface area contributed by atoms with Gasteiger partial charge >= 0.3 is 5.97 Å². The number of benzene rings is 2. The molecule has 0 aromatic heterocycles. The number of Topliss-reactive ketones (excluding diaryl/α,β-unsaturated/α-hetero) is 2. The van der Waals surface area contributed by atoms with Gasteiger partial charge in [-0.1, -0.05) is 36.4 Å². The van der Waals surface area contributed by atoms with Gasteiger partial charge in [0.15, 0.2) is 5.78 Å². The van der Waals surface area contributed by atoms with Gasteiger partial charge in [0, 0.05) is 11.1 Å². The summed E-state index contributed by atoms with van der Waals surface area (Å²) in [5.74, 6) is -2.07. The molecule has 3 rings (SSSR count). The Morgan fingerprint density at radius 2 is 1.61 bits per heavy atom. The fourth-order valence-electron chi connectivity index (χ4n) is 2.40. The summed E-state index contributed by atoms with van der Waals surface area (Å²) < 4.78 is 0. The number of rotatable bonds is 2. The molecule has 0 aliphatic heterocycles. The van der Waals surface area contributed by atoms with Crippen LogP contribution in [0.25, 0.3) is 0 Å². The van der Waals surface area contributed by atoms with Crippen molar-refractivity contribution in [3.8, 4) is 0 Å². The molecule has 1 aliphatic rings.